The third-order valence-electron chi connectivity index (χ3n) is 5.23. The SMILES string of the molecule is COc1cc(NS(=O)(=O)c2ccc(NC(=O)c3cc(-c4ccc5c(c4)OCO5)n[nH]3)cc2)nc(OC)n1. The summed E-state index contributed by atoms with van der Waals surface area (Å²) in [5.74, 6) is 0.901. The highest BCUT2D eigenvalue weighted by Crippen LogP contribution is 2.35. The normalized spacial score (nSPS) is 12.2. The zero-order valence-corrected chi connectivity index (χ0v) is 20.3. The predicted octanol–water partition coefficient (Wildman–Crippen LogP) is 2.67. The van der Waals surface area contributed by atoms with Gasteiger partial charge in [-0.1, -0.05) is 0 Å². The molecule has 0 radical (unpaired) electrons. The fraction of sp³-hybridized carbons (Fsp3) is 0.130. The van der Waals surface area contributed by atoms with E-state index in [1.165, 1.54) is 44.6 Å². The number of fused-ring (bicyclic) bond motifs is 1. The van der Waals surface area contributed by atoms with Crippen LogP contribution in [0.4, 0.5) is 11.5 Å². The topological polar surface area (TPSA) is 167 Å². The lowest BCUT2D eigenvalue weighted by Gasteiger charge is -2.10. The maximum Gasteiger partial charge on any atom is 0.321 e. The van der Waals surface area contributed by atoms with E-state index in [1.807, 2.05) is 6.07 Å². The molecule has 14 heteroatoms. The fourth-order valence-corrected chi connectivity index (χ4v) is 4.40. The molecule has 5 rings (SSSR count). The highest BCUT2D eigenvalue weighted by Gasteiger charge is 2.19. The summed E-state index contributed by atoms with van der Waals surface area (Å²) in [5, 5.41) is 9.59. The number of amides is 1. The number of carbonyl (C=O) groups excluding carboxylic acids is 1. The van der Waals surface area contributed by atoms with Crippen molar-refractivity contribution in [3.63, 3.8) is 0 Å². The first-order valence-corrected chi connectivity index (χ1v) is 12.2. The van der Waals surface area contributed by atoms with Crippen molar-refractivity contribution in [1.29, 1.82) is 0 Å². The van der Waals surface area contributed by atoms with E-state index in [0.29, 0.717) is 22.9 Å². The Morgan fingerprint density at radius 3 is 2.51 bits per heavy atom. The number of hydrogen-bond donors (Lipinski definition) is 3. The number of hydrogen-bond acceptors (Lipinski definition) is 10. The van der Waals surface area contributed by atoms with Crippen LogP contribution in [0.25, 0.3) is 11.3 Å². The molecule has 3 N–H and O–H groups in total. The molecule has 1 aliphatic rings. The number of H-pyrrole nitrogens is 1. The van der Waals surface area contributed by atoms with E-state index in [2.05, 4.69) is 30.2 Å². The van der Waals surface area contributed by atoms with E-state index in [1.54, 1.807) is 18.2 Å². The third kappa shape index (κ3) is 5.08. The molecule has 0 atom stereocenters. The standard InChI is InChI=1S/C23H20N6O7S/c1-33-21-11-20(25-23(26-21)34-2)29-37(31,32)15-6-4-14(5-7-15)24-22(30)17-10-16(27-28-17)13-3-8-18-19(9-13)36-12-35-18/h3-11H,12H2,1-2H3,(H,24,30)(H,27,28)(H,25,26,29). The molecule has 1 amide bonds. The predicted molar refractivity (Wildman–Crippen MR) is 130 cm³/mol. The number of sulfonamides is 1. The summed E-state index contributed by atoms with van der Waals surface area (Å²) in [6.07, 6.45) is 0. The van der Waals surface area contributed by atoms with Crippen molar-refractivity contribution in [1.82, 2.24) is 20.2 Å². The van der Waals surface area contributed by atoms with Crippen LogP contribution in [0.3, 0.4) is 0 Å². The number of rotatable bonds is 8. The van der Waals surface area contributed by atoms with Gasteiger partial charge in [-0.05, 0) is 48.5 Å². The van der Waals surface area contributed by atoms with Crippen LogP contribution in [-0.4, -0.2) is 55.5 Å². The summed E-state index contributed by atoms with van der Waals surface area (Å²) in [7, 11) is -1.26. The van der Waals surface area contributed by atoms with Gasteiger partial charge in [-0.2, -0.15) is 15.1 Å². The zero-order chi connectivity index (χ0) is 26.0. The highest BCUT2D eigenvalue weighted by atomic mass is 32.2. The van der Waals surface area contributed by atoms with Gasteiger partial charge < -0.3 is 24.3 Å². The molecule has 0 fully saturated rings. The number of anilines is 2. The molecule has 2 aromatic heterocycles. The quantitative estimate of drug-likeness (QED) is 0.312. The largest absolute Gasteiger partial charge is 0.481 e. The van der Waals surface area contributed by atoms with Gasteiger partial charge in [0.2, 0.25) is 12.7 Å². The highest BCUT2D eigenvalue weighted by molar-refractivity contribution is 7.92. The van der Waals surface area contributed by atoms with Gasteiger partial charge in [-0.25, -0.2) is 8.42 Å². The molecule has 0 unspecified atom stereocenters. The second-order valence-electron chi connectivity index (χ2n) is 7.60. The summed E-state index contributed by atoms with van der Waals surface area (Å²) in [6.45, 7) is 0.160. The number of nitrogens with one attached hydrogen (secondary N) is 3. The molecule has 1 aliphatic heterocycles. The zero-order valence-electron chi connectivity index (χ0n) is 19.5. The summed E-state index contributed by atoms with van der Waals surface area (Å²) < 4.78 is 48.6. The Balaban J connectivity index is 1.26. The maximum absolute atomic E-state index is 12.8. The average Bonchev–Trinajstić information content (AvgIpc) is 3.58. The van der Waals surface area contributed by atoms with E-state index in [-0.39, 0.29) is 35.1 Å². The first-order chi connectivity index (χ1) is 17.8. The Kier molecular flexibility index (Phi) is 6.23. The van der Waals surface area contributed by atoms with Gasteiger partial charge in [0, 0.05) is 17.3 Å². The molecule has 4 aromatic rings. The lowest BCUT2D eigenvalue weighted by molar-refractivity contribution is 0.102. The number of methoxy groups -OCH3 is 2. The van der Waals surface area contributed by atoms with Gasteiger partial charge in [0.25, 0.3) is 15.9 Å². The Bertz CT molecular complexity index is 1550. The minimum atomic E-state index is -3.99. The van der Waals surface area contributed by atoms with Gasteiger partial charge in [0.15, 0.2) is 17.3 Å². The molecule has 37 heavy (non-hydrogen) atoms. The Morgan fingerprint density at radius 1 is 0.973 bits per heavy atom. The third-order valence-corrected chi connectivity index (χ3v) is 6.60. The summed E-state index contributed by atoms with van der Waals surface area (Å²) in [4.78, 5) is 20.5. The van der Waals surface area contributed by atoms with E-state index < -0.39 is 15.9 Å². The minimum Gasteiger partial charge on any atom is -0.481 e. The maximum atomic E-state index is 12.8. The van der Waals surface area contributed by atoms with Crippen molar-refractivity contribution >= 4 is 27.4 Å². The van der Waals surface area contributed by atoms with E-state index >= 15 is 0 Å². The van der Waals surface area contributed by atoms with Crippen LogP contribution in [0, 0.1) is 0 Å². The van der Waals surface area contributed by atoms with E-state index in [9.17, 15) is 13.2 Å². The van der Waals surface area contributed by atoms with Crippen LogP contribution in [0.5, 0.6) is 23.4 Å². The molecule has 190 valence electrons. The second-order valence-corrected chi connectivity index (χ2v) is 9.28. The molecule has 3 heterocycles. The van der Waals surface area contributed by atoms with Crippen molar-refractivity contribution < 1.29 is 32.2 Å². The van der Waals surface area contributed by atoms with E-state index in [4.69, 9.17) is 18.9 Å². The van der Waals surface area contributed by atoms with Gasteiger partial charge in [0.1, 0.15) is 5.69 Å². The molecule has 0 saturated carbocycles. The molecular formula is C23H20N6O7S. The van der Waals surface area contributed by atoms with Crippen molar-refractivity contribution in [3.05, 3.63) is 60.3 Å². The molecule has 0 saturated heterocycles. The van der Waals surface area contributed by atoms with Crippen LogP contribution in [0.1, 0.15) is 10.5 Å². The number of ether oxygens (including phenoxy) is 4. The van der Waals surface area contributed by atoms with Crippen LogP contribution in [-0.2, 0) is 10.0 Å². The number of aromatic nitrogens is 4. The lowest BCUT2D eigenvalue weighted by Crippen LogP contribution is -2.15. The Hall–Kier alpha value is -4.85. The smallest absolute Gasteiger partial charge is 0.321 e. The molecular weight excluding hydrogens is 504 g/mol. The Labute approximate surface area is 210 Å². The van der Waals surface area contributed by atoms with Crippen molar-refractivity contribution in [2.24, 2.45) is 0 Å². The first kappa shape index (κ1) is 23.9. The summed E-state index contributed by atoms with van der Waals surface area (Å²) in [5.41, 5.74) is 1.90. The first-order valence-electron chi connectivity index (χ1n) is 10.7. The summed E-state index contributed by atoms with van der Waals surface area (Å²) >= 11 is 0. The summed E-state index contributed by atoms with van der Waals surface area (Å²) in [6, 6.07) is 13.8. The van der Waals surface area contributed by atoms with Gasteiger partial charge in [0.05, 0.1) is 24.8 Å². The minimum absolute atomic E-state index is 0.0291. The monoisotopic (exact) mass is 524 g/mol. The number of nitrogens with zero attached hydrogens (tertiary/aromatic N) is 3. The molecule has 2 aromatic carbocycles. The second kappa shape index (κ2) is 9.66. The van der Waals surface area contributed by atoms with Gasteiger partial charge >= 0.3 is 6.01 Å². The fourth-order valence-electron chi connectivity index (χ4n) is 3.41. The van der Waals surface area contributed by atoms with Gasteiger partial charge in [-0.3, -0.25) is 14.6 Å². The Morgan fingerprint density at radius 2 is 1.76 bits per heavy atom. The van der Waals surface area contributed by atoms with Crippen LogP contribution in [0.15, 0.2) is 59.5 Å². The van der Waals surface area contributed by atoms with Crippen molar-refractivity contribution in [2.45, 2.75) is 4.90 Å². The van der Waals surface area contributed by atoms with Crippen molar-refractivity contribution in [2.75, 3.05) is 31.1 Å². The molecule has 0 spiro atoms. The molecule has 0 aliphatic carbocycles. The van der Waals surface area contributed by atoms with E-state index in [0.717, 1.165) is 5.56 Å². The lowest BCUT2D eigenvalue weighted by atomic mass is 10.1. The van der Waals surface area contributed by atoms with Crippen LogP contribution >= 0.6 is 0 Å². The molecule has 13 nitrogen and oxygen atoms in total. The number of aromatic amines is 1. The average molecular weight is 525 g/mol. The molecule has 0 bridgehead atoms. The van der Waals surface area contributed by atoms with Gasteiger partial charge in [-0.15, -0.1) is 0 Å². The van der Waals surface area contributed by atoms with Crippen molar-refractivity contribution in [3.8, 4) is 34.6 Å². The number of benzene rings is 2. The van der Waals surface area contributed by atoms with Crippen LogP contribution < -0.4 is 29.0 Å². The van der Waals surface area contributed by atoms with Crippen LogP contribution in [0.2, 0.25) is 0 Å². The number of carbonyl (C=O) groups is 1.